The van der Waals surface area contributed by atoms with Gasteiger partial charge in [-0.25, -0.2) is 9.37 Å². The highest BCUT2D eigenvalue weighted by atomic mass is 32.1. The molecular formula is C20H19FN2O3S. The number of hydrogen-bond acceptors (Lipinski definition) is 5. The molecule has 140 valence electrons. The molecule has 0 unspecified atom stereocenters. The normalized spacial score (nSPS) is 10.5. The second-order valence-electron chi connectivity index (χ2n) is 5.73. The highest BCUT2D eigenvalue weighted by Crippen LogP contribution is 2.30. The smallest absolute Gasteiger partial charge is 0.229 e. The molecule has 3 rings (SSSR count). The third-order valence-electron chi connectivity index (χ3n) is 3.82. The Morgan fingerprint density at radius 1 is 1.15 bits per heavy atom. The van der Waals surface area contributed by atoms with Gasteiger partial charge in [0, 0.05) is 10.4 Å². The van der Waals surface area contributed by atoms with Crippen LogP contribution in [0.4, 0.5) is 9.52 Å². The van der Waals surface area contributed by atoms with Crippen molar-refractivity contribution in [2.24, 2.45) is 0 Å². The summed E-state index contributed by atoms with van der Waals surface area (Å²) < 4.78 is 23.9. The first-order chi connectivity index (χ1) is 13.1. The lowest BCUT2D eigenvalue weighted by molar-refractivity contribution is -0.116. The fraction of sp³-hybridized carbons (Fsp3) is 0.200. The Bertz CT molecular complexity index is 925. The van der Waals surface area contributed by atoms with Crippen LogP contribution in [-0.2, 0) is 4.79 Å². The molecule has 0 radical (unpaired) electrons. The van der Waals surface area contributed by atoms with Crippen molar-refractivity contribution in [3.05, 3.63) is 59.2 Å². The Morgan fingerprint density at radius 2 is 1.85 bits per heavy atom. The van der Waals surface area contributed by atoms with Crippen molar-refractivity contribution in [2.45, 2.75) is 13.3 Å². The number of para-hydroxylation sites is 2. The fourth-order valence-electron chi connectivity index (χ4n) is 2.50. The van der Waals surface area contributed by atoms with Gasteiger partial charge in [0.1, 0.15) is 5.82 Å². The monoisotopic (exact) mass is 386 g/mol. The van der Waals surface area contributed by atoms with Crippen LogP contribution in [0, 0.1) is 12.7 Å². The van der Waals surface area contributed by atoms with Gasteiger partial charge in [0.15, 0.2) is 16.6 Å². The minimum absolute atomic E-state index is 0.183. The van der Waals surface area contributed by atoms with Gasteiger partial charge in [-0.2, -0.15) is 0 Å². The topological polar surface area (TPSA) is 60.5 Å². The molecule has 0 bridgehead atoms. The number of methoxy groups -OCH3 is 1. The van der Waals surface area contributed by atoms with Crippen LogP contribution >= 0.6 is 11.3 Å². The molecular weight excluding hydrogens is 367 g/mol. The molecule has 0 aliphatic carbocycles. The van der Waals surface area contributed by atoms with Crippen LogP contribution in [0.2, 0.25) is 0 Å². The highest BCUT2D eigenvalue weighted by molar-refractivity contribution is 7.16. The fourth-order valence-corrected chi connectivity index (χ4v) is 3.35. The number of aryl methyl sites for hydroxylation is 1. The van der Waals surface area contributed by atoms with E-state index in [0.29, 0.717) is 16.6 Å². The van der Waals surface area contributed by atoms with Crippen LogP contribution in [0.1, 0.15) is 11.3 Å². The van der Waals surface area contributed by atoms with Crippen molar-refractivity contribution in [2.75, 3.05) is 19.0 Å². The maximum atomic E-state index is 13.1. The third-order valence-corrected chi connectivity index (χ3v) is 4.70. The number of carbonyl (C=O) groups excluding carboxylic acids is 1. The SMILES string of the molecule is COc1ccccc1OCCC(=O)Nc1nc(-c2ccc(F)cc2)c(C)s1. The van der Waals surface area contributed by atoms with Crippen molar-refractivity contribution in [3.63, 3.8) is 0 Å². The van der Waals surface area contributed by atoms with Gasteiger partial charge in [0.2, 0.25) is 5.91 Å². The molecule has 0 aliphatic heterocycles. The average molecular weight is 386 g/mol. The minimum atomic E-state index is -0.296. The maximum Gasteiger partial charge on any atom is 0.229 e. The van der Waals surface area contributed by atoms with Gasteiger partial charge in [-0.15, -0.1) is 11.3 Å². The lowest BCUT2D eigenvalue weighted by Crippen LogP contribution is -2.15. The Kier molecular flexibility index (Phi) is 6.03. The van der Waals surface area contributed by atoms with Crippen LogP contribution in [0.15, 0.2) is 48.5 Å². The number of carbonyl (C=O) groups is 1. The summed E-state index contributed by atoms with van der Waals surface area (Å²) in [6, 6.07) is 13.4. The summed E-state index contributed by atoms with van der Waals surface area (Å²) in [5.74, 6) is 0.730. The van der Waals surface area contributed by atoms with E-state index in [4.69, 9.17) is 9.47 Å². The molecule has 1 N–H and O–H groups in total. The first kappa shape index (κ1) is 18.8. The average Bonchev–Trinajstić information content (AvgIpc) is 3.02. The van der Waals surface area contributed by atoms with Gasteiger partial charge >= 0.3 is 0 Å². The van der Waals surface area contributed by atoms with Crippen LogP contribution in [0.3, 0.4) is 0 Å². The molecule has 0 atom stereocenters. The number of benzene rings is 2. The van der Waals surface area contributed by atoms with E-state index in [-0.39, 0.29) is 24.8 Å². The molecule has 2 aromatic carbocycles. The summed E-state index contributed by atoms with van der Waals surface area (Å²) in [7, 11) is 1.57. The molecule has 0 aliphatic rings. The van der Waals surface area contributed by atoms with Crippen LogP contribution < -0.4 is 14.8 Å². The second kappa shape index (κ2) is 8.64. The molecule has 5 nitrogen and oxygen atoms in total. The van der Waals surface area contributed by atoms with E-state index in [2.05, 4.69) is 10.3 Å². The van der Waals surface area contributed by atoms with Gasteiger partial charge in [-0.1, -0.05) is 12.1 Å². The summed E-state index contributed by atoms with van der Waals surface area (Å²) in [6.45, 7) is 2.14. The van der Waals surface area contributed by atoms with E-state index < -0.39 is 0 Å². The second-order valence-corrected chi connectivity index (χ2v) is 6.93. The molecule has 0 saturated carbocycles. The lowest BCUT2D eigenvalue weighted by Gasteiger charge is -2.09. The lowest BCUT2D eigenvalue weighted by atomic mass is 10.1. The summed E-state index contributed by atoms with van der Waals surface area (Å²) >= 11 is 1.38. The van der Waals surface area contributed by atoms with E-state index in [1.54, 1.807) is 31.4 Å². The van der Waals surface area contributed by atoms with Gasteiger partial charge in [0.05, 0.1) is 25.8 Å². The van der Waals surface area contributed by atoms with Crippen molar-refractivity contribution in [3.8, 4) is 22.8 Å². The molecule has 1 aromatic heterocycles. The van der Waals surface area contributed by atoms with Crippen molar-refractivity contribution in [1.29, 1.82) is 0 Å². The number of halogens is 1. The Balaban J connectivity index is 1.57. The third kappa shape index (κ3) is 4.83. The zero-order valence-corrected chi connectivity index (χ0v) is 15.8. The standard InChI is InChI=1S/C20H19FN2O3S/c1-13-19(14-7-9-15(21)10-8-14)23-20(27-13)22-18(24)11-12-26-17-6-4-3-5-16(17)25-2/h3-10H,11-12H2,1-2H3,(H,22,23,24). The quantitative estimate of drug-likeness (QED) is 0.641. The van der Waals surface area contributed by atoms with E-state index in [1.807, 2.05) is 19.1 Å². The number of hydrogen-bond donors (Lipinski definition) is 1. The van der Waals surface area contributed by atoms with E-state index in [1.165, 1.54) is 23.5 Å². The Labute approximate surface area is 160 Å². The molecule has 0 spiro atoms. The first-order valence-electron chi connectivity index (χ1n) is 8.36. The summed E-state index contributed by atoms with van der Waals surface area (Å²) in [6.07, 6.45) is 0.183. The number of nitrogens with one attached hydrogen (secondary N) is 1. The van der Waals surface area contributed by atoms with Gasteiger partial charge < -0.3 is 14.8 Å². The number of thiazole rings is 1. The van der Waals surface area contributed by atoms with Gasteiger partial charge in [-0.05, 0) is 43.3 Å². The molecule has 27 heavy (non-hydrogen) atoms. The predicted molar refractivity (Wildman–Crippen MR) is 104 cm³/mol. The van der Waals surface area contributed by atoms with Crippen LogP contribution in [-0.4, -0.2) is 24.6 Å². The van der Waals surface area contributed by atoms with Gasteiger partial charge in [-0.3, -0.25) is 4.79 Å². The van der Waals surface area contributed by atoms with E-state index >= 15 is 0 Å². The predicted octanol–water partition coefficient (Wildman–Crippen LogP) is 4.67. The minimum Gasteiger partial charge on any atom is -0.493 e. The number of amides is 1. The van der Waals surface area contributed by atoms with Crippen molar-refractivity contribution >= 4 is 22.4 Å². The molecule has 0 fully saturated rings. The first-order valence-corrected chi connectivity index (χ1v) is 9.17. The van der Waals surface area contributed by atoms with Crippen molar-refractivity contribution < 1.29 is 18.7 Å². The number of nitrogens with zero attached hydrogens (tertiary/aromatic N) is 1. The summed E-state index contributed by atoms with van der Waals surface area (Å²) in [5, 5.41) is 3.29. The number of ether oxygens (including phenoxy) is 2. The zero-order valence-electron chi connectivity index (χ0n) is 15.0. The summed E-state index contributed by atoms with van der Waals surface area (Å²) in [5.41, 5.74) is 1.55. The van der Waals surface area contributed by atoms with E-state index in [9.17, 15) is 9.18 Å². The molecule has 1 heterocycles. The Hall–Kier alpha value is -2.93. The van der Waals surface area contributed by atoms with Crippen LogP contribution in [0.25, 0.3) is 11.3 Å². The number of rotatable bonds is 7. The Morgan fingerprint density at radius 3 is 2.56 bits per heavy atom. The molecule has 1 amide bonds. The highest BCUT2D eigenvalue weighted by Gasteiger charge is 2.12. The van der Waals surface area contributed by atoms with E-state index in [0.717, 1.165) is 16.1 Å². The number of aromatic nitrogens is 1. The molecule has 3 aromatic rings. The largest absolute Gasteiger partial charge is 0.493 e. The van der Waals surface area contributed by atoms with Crippen LogP contribution in [0.5, 0.6) is 11.5 Å². The maximum absolute atomic E-state index is 13.1. The molecule has 7 heteroatoms. The zero-order chi connectivity index (χ0) is 19.2. The molecule has 0 saturated heterocycles. The van der Waals surface area contributed by atoms with Gasteiger partial charge in [0.25, 0.3) is 0 Å². The number of anilines is 1. The van der Waals surface area contributed by atoms with Crippen molar-refractivity contribution in [1.82, 2.24) is 4.98 Å². The summed E-state index contributed by atoms with van der Waals surface area (Å²) in [4.78, 5) is 17.5.